The molecule has 0 saturated heterocycles. The molecule has 0 atom stereocenters. The SMILES string of the molecule is Cn1cnnc1CNC1CC(c2ccc(F)cc2)C1. The summed E-state index contributed by atoms with van der Waals surface area (Å²) in [6, 6.07) is 7.37. The van der Waals surface area contributed by atoms with E-state index in [2.05, 4.69) is 15.5 Å². The predicted octanol–water partition coefficient (Wildman–Crippen LogP) is 1.99. The van der Waals surface area contributed by atoms with Gasteiger partial charge < -0.3 is 9.88 Å². The van der Waals surface area contributed by atoms with Crippen molar-refractivity contribution in [3.63, 3.8) is 0 Å². The van der Waals surface area contributed by atoms with Crippen molar-refractivity contribution in [2.45, 2.75) is 31.3 Å². The van der Waals surface area contributed by atoms with Crippen LogP contribution >= 0.6 is 0 Å². The fourth-order valence-corrected chi connectivity index (χ4v) is 2.49. The Morgan fingerprint density at radius 3 is 2.68 bits per heavy atom. The Bertz CT molecular complexity index is 543. The van der Waals surface area contributed by atoms with Crippen LogP contribution in [0.5, 0.6) is 0 Å². The maximum absolute atomic E-state index is 12.8. The molecule has 0 bridgehead atoms. The van der Waals surface area contributed by atoms with Gasteiger partial charge in [0, 0.05) is 13.1 Å². The second-order valence-electron chi connectivity index (χ2n) is 5.16. The van der Waals surface area contributed by atoms with Crippen molar-refractivity contribution in [3.8, 4) is 0 Å². The Labute approximate surface area is 111 Å². The van der Waals surface area contributed by atoms with E-state index in [0.29, 0.717) is 12.0 Å². The van der Waals surface area contributed by atoms with Gasteiger partial charge in [-0.05, 0) is 36.5 Å². The van der Waals surface area contributed by atoms with Crippen LogP contribution in [0.25, 0.3) is 0 Å². The molecule has 0 amide bonds. The van der Waals surface area contributed by atoms with Gasteiger partial charge in [0.25, 0.3) is 0 Å². The van der Waals surface area contributed by atoms with Crippen LogP contribution in [0, 0.1) is 5.82 Å². The molecule has 19 heavy (non-hydrogen) atoms. The minimum absolute atomic E-state index is 0.167. The van der Waals surface area contributed by atoms with Gasteiger partial charge in [-0.1, -0.05) is 12.1 Å². The number of aromatic nitrogens is 3. The molecule has 1 aliphatic carbocycles. The maximum atomic E-state index is 12.8. The quantitative estimate of drug-likeness (QED) is 0.914. The van der Waals surface area contributed by atoms with Gasteiger partial charge in [-0.25, -0.2) is 4.39 Å². The van der Waals surface area contributed by atoms with Gasteiger partial charge in [0.05, 0.1) is 6.54 Å². The van der Waals surface area contributed by atoms with Crippen molar-refractivity contribution in [2.24, 2.45) is 7.05 Å². The first-order valence-electron chi connectivity index (χ1n) is 6.54. The molecule has 5 heteroatoms. The molecule has 1 fully saturated rings. The minimum Gasteiger partial charge on any atom is -0.320 e. The lowest BCUT2D eigenvalue weighted by molar-refractivity contribution is 0.286. The van der Waals surface area contributed by atoms with E-state index in [1.165, 1.54) is 17.7 Å². The van der Waals surface area contributed by atoms with E-state index in [4.69, 9.17) is 0 Å². The van der Waals surface area contributed by atoms with Crippen LogP contribution in [-0.4, -0.2) is 20.8 Å². The maximum Gasteiger partial charge on any atom is 0.146 e. The zero-order valence-corrected chi connectivity index (χ0v) is 10.9. The van der Waals surface area contributed by atoms with Crippen molar-refractivity contribution >= 4 is 0 Å². The summed E-state index contributed by atoms with van der Waals surface area (Å²) in [6.07, 6.45) is 3.91. The van der Waals surface area contributed by atoms with E-state index >= 15 is 0 Å². The second-order valence-corrected chi connectivity index (χ2v) is 5.16. The lowest BCUT2D eigenvalue weighted by atomic mass is 9.76. The van der Waals surface area contributed by atoms with E-state index in [-0.39, 0.29) is 5.82 Å². The smallest absolute Gasteiger partial charge is 0.146 e. The molecule has 1 aliphatic rings. The predicted molar refractivity (Wildman–Crippen MR) is 70.0 cm³/mol. The zero-order valence-electron chi connectivity index (χ0n) is 10.9. The van der Waals surface area contributed by atoms with Gasteiger partial charge in [0.15, 0.2) is 0 Å². The molecular weight excluding hydrogens is 243 g/mol. The molecule has 0 unspecified atom stereocenters. The molecule has 0 spiro atoms. The minimum atomic E-state index is -0.167. The van der Waals surface area contributed by atoms with Crippen LogP contribution in [0.4, 0.5) is 4.39 Å². The van der Waals surface area contributed by atoms with Gasteiger partial charge in [-0.15, -0.1) is 10.2 Å². The van der Waals surface area contributed by atoms with Gasteiger partial charge in [-0.2, -0.15) is 0 Å². The zero-order chi connectivity index (χ0) is 13.2. The normalized spacial score (nSPS) is 22.2. The molecule has 1 heterocycles. The number of benzene rings is 1. The lowest BCUT2D eigenvalue weighted by Crippen LogP contribution is -2.40. The number of rotatable bonds is 4. The first-order valence-corrected chi connectivity index (χ1v) is 6.54. The topological polar surface area (TPSA) is 42.7 Å². The fraction of sp³-hybridized carbons (Fsp3) is 0.429. The molecule has 1 aromatic carbocycles. The van der Waals surface area contributed by atoms with Gasteiger partial charge >= 0.3 is 0 Å². The molecule has 2 aromatic rings. The summed E-state index contributed by atoms with van der Waals surface area (Å²) < 4.78 is 14.8. The van der Waals surface area contributed by atoms with Crippen LogP contribution in [-0.2, 0) is 13.6 Å². The van der Waals surface area contributed by atoms with Crippen LogP contribution in [0.15, 0.2) is 30.6 Å². The van der Waals surface area contributed by atoms with Crippen molar-refractivity contribution < 1.29 is 4.39 Å². The van der Waals surface area contributed by atoms with E-state index in [9.17, 15) is 4.39 Å². The molecule has 1 aromatic heterocycles. The molecule has 3 rings (SSSR count). The van der Waals surface area contributed by atoms with Crippen LogP contribution < -0.4 is 5.32 Å². The summed E-state index contributed by atoms with van der Waals surface area (Å²) >= 11 is 0. The standard InChI is InChI=1S/C14H17FN4/c1-19-9-17-18-14(19)8-16-13-6-11(7-13)10-2-4-12(15)5-3-10/h2-5,9,11,13,16H,6-8H2,1H3. The van der Waals surface area contributed by atoms with E-state index < -0.39 is 0 Å². The first-order chi connectivity index (χ1) is 9.22. The summed E-state index contributed by atoms with van der Waals surface area (Å²) in [6.45, 7) is 0.747. The lowest BCUT2D eigenvalue weighted by Gasteiger charge is -2.36. The number of halogens is 1. The number of nitrogens with zero attached hydrogens (tertiary/aromatic N) is 3. The third kappa shape index (κ3) is 2.66. The average Bonchev–Trinajstić information content (AvgIpc) is 2.75. The Morgan fingerprint density at radius 1 is 1.32 bits per heavy atom. The third-order valence-electron chi connectivity index (χ3n) is 3.83. The van der Waals surface area contributed by atoms with E-state index in [0.717, 1.165) is 25.2 Å². The molecular formula is C14H17FN4. The highest BCUT2D eigenvalue weighted by molar-refractivity contribution is 5.23. The summed E-state index contributed by atoms with van der Waals surface area (Å²) in [5.41, 5.74) is 1.23. The molecule has 100 valence electrons. The number of hydrogen-bond donors (Lipinski definition) is 1. The van der Waals surface area contributed by atoms with Crippen molar-refractivity contribution in [3.05, 3.63) is 47.8 Å². The number of hydrogen-bond acceptors (Lipinski definition) is 3. The fourth-order valence-electron chi connectivity index (χ4n) is 2.49. The molecule has 1 N–H and O–H groups in total. The van der Waals surface area contributed by atoms with Gasteiger partial charge in [-0.3, -0.25) is 0 Å². The van der Waals surface area contributed by atoms with Crippen LogP contribution in [0.1, 0.15) is 30.1 Å². The molecule has 0 aliphatic heterocycles. The Kier molecular flexibility index (Phi) is 3.29. The van der Waals surface area contributed by atoms with Crippen molar-refractivity contribution in [2.75, 3.05) is 0 Å². The van der Waals surface area contributed by atoms with Gasteiger partial charge in [0.2, 0.25) is 0 Å². The van der Waals surface area contributed by atoms with Crippen molar-refractivity contribution in [1.82, 2.24) is 20.1 Å². The Morgan fingerprint density at radius 2 is 2.05 bits per heavy atom. The van der Waals surface area contributed by atoms with E-state index in [1.807, 2.05) is 23.7 Å². The largest absolute Gasteiger partial charge is 0.320 e. The summed E-state index contributed by atoms with van der Waals surface area (Å²) in [5.74, 6) is 1.34. The second kappa shape index (κ2) is 5.09. The highest BCUT2D eigenvalue weighted by Gasteiger charge is 2.29. The Balaban J connectivity index is 1.48. The number of aryl methyl sites for hydroxylation is 1. The summed E-state index contributed by atoms with van der Waals surface area (Å²) in [4.78, 5) is 0. The van der Waals surface area contributed by atoms with Gasteiger partial charge in [0.1, 0.15) is 18.0 Å². The van der Waals surface area contributed by atoms with Crippen LogP contribution in [0.2, 0.25) is 0 Å². The third-order valence-corrected chi connectivity index (χ3v) is 3.83. The van der Waals surface area contributed by atoms with Crippen molar-refractivity contribution in [1.29, 1.82) is 0 Å². The number of nitrogens with one attached hydrogen (secondary N) is 1. The summed E-state index contributed by atoms with van der Waals surface area (Å²) in [5, 5.41) is 11.4. The highest BCUT2D eigenvalue weighted by atomic mass is 19.1. The first kappa shape index (κ1) is 12.3. The monoisotopic (exact) mass is 260 g/mol. The highest BCUT2D eigenvalue weighted by Crippen LogP contribution is 2.36. The van der Waals surface area contributed by atoms with Crippen LogP contribution in [0.3, 0.4) is 0 Å². The molecule has 4 nitrogen and oxygen atoms in total. The summed E-state index contributed by atoms with van der Waals surface area (Å²) in [7, 11) is 1.94. The average molecular weight is 260 g/mol. The molecule has 0 radical (unpaired) electrons. The molecule has 1 saturated carbocycles. The van der Waals surface area contributed by atoms with E-state index in [1.54, 1.807) is 6.33 Å². The Hall–Kier alpha value is -1.75.